The SMILES string of the molecule is CCOc1ccc(C(=O)Nc2ccc3c(ccn3CCN(C)C)c2)cc1OCC. The second kappa shape index (κ2) is 9.47. The number of likely N-dealkylation sites (N-methyl/N-ethyl adjacent to an activating group) is 1. The molecule has 0 aliphatic rings. The zero-order valence-electron chi connectivity index (χ0n) is 17.6. The predicted octanol–water partition coefficient (Wildman–Crippen LogP) is 4.25. The third kappa shape index (κ3) is 5.09. The van der Waals surface area contributed by atoms with E-state index in [1.807, 2.05) is 32.0 Å². The second-order valence-electron chi connectivity index (χ2n) is 7.07. The predicted molar refractivity (Wildman–Crippen MR) is 117 cm³/mol. The van der Waals surface area contributed by atoms with Crippen LogP contribution < -0.4 is 14.8 Å². The molecule has 0 aliphatic heterocycles. The molecule has 3 aromatic rings. The fraction of sp³-hybridized carbons (Fsp3) is 0.348. The lowest BCUT2D eigenvalue weighted by Crippen LogP contribution is -2.17. The number of nitrogens with zero attached hydrogens (tertiary/aromatic N) is 2. The van der Waals surface area contributed by atoms with Crippen LogP contribution in [0.3, 0.4) is 0 Å². The van der Waals surface area contributed by atoms with Gasteiger partial charge in [0.05, 0.1) is 13.2 Å². The Kier molecular flexibility index (Phi) is 6.77. The molecule has 0 unspecified atom stereocenters. The van der Waals surface area contributed by atoms with Crippen molar-refractivity contribution in [3.63, 3.8) is 0 Å². The topological polar surface area (TPSA) is 55.7 Å². The van der Waals surface area contributed by atoms with Gasteiger partial charge in [0, 0.05) is 41.4 Å². The minimum Gasteiger partial charge on any atom is -0.490 e. The Hall–Kier alpha value is -2.99. The van der Waals surface area contributed by atoms with Crippen LogP contribution in [-0.4, -0.2) is 49.2 Å². The molecule has 1 aromatic heterocycles. The first-order valence-corrected chi connectivity index (χ1v) is 9.96. The third-order valence-electron chi connectivity index (χ3n) is 4.62. The number of ether oxygens (including phenoxy) is 2. The van der Waals surface area contributed by atoms with E-state index in [0.717, 1.165) is 29.7 Å². The first kappa shape index (κ1) is 20.7. The molecule has 0 radical (unpaired) electrons. The standard InChI is InChI=1S/C23H29N3O3/c1-5-28-21-10-7-18(16-22(21)29-6-2)23(27)24-19-8-9-20-17(15-19)11-12-26(20)14-13-25(3)4/h7-12,15-16H,5-6,13-14H2,1-4H3,(H,24,27). The van der Waals surface area contributed by atoms with Crippen LogP contribution in [0.4, 0.5) is 5.69 Å². The second-order valence-corrected chi connectivity index (χ2v) is 7.07. The summed E-state index contributed by atoms with van der Waals surface area (Å²) >= 11 is 0. The van der Waals surface area contributed by atoms with Crippen LogP contribution in [0.15, 0.2) is 48.7 Å². The van der Waals surface area contributed by atoms with Crippen LogP contribution >= 0.6 is 0 Å². The van der Waals surface area contributed by atoms with Crippen LogP contribution in [0.5, 0.6) is 11.5 Å². The van der Waals surface area contributed by atoms with Crippen molar-refractivity contribution in [1.29, 1.82) is 0 Å². The van der Waals surface area contributed by atoms with Crippen molar-refractivity contribution in [2.75, 3.05) is 39.2 Å². The van der Waals surface area contributed by atoms with Gasteiger partial charge in [-0.2, -0.15) is 0 Å². The van der Waals surface area contributed by atoms with E-state index >= 15 is 0 Å². The van der Waals surface area contributed by atoms with Gasteiger partial charge in [-0.1, -0.05) is 0 Å². The van der Waals surface area contributed by atoms with E-state index in [4.69, 9.17) is 9.47 Å². The van der Waals surface area contributed by atoms with E-state index in [2.05, 4.69) is 41.1 Å². The molecule has 0 atom stereocenters. The lowest BCUT2D eigenvalue weighted by molar-refractivity contribution is 0.102. The molecular formula is C23H29N3O3. The van der Waals surface area contributed by atoms with E-state index in [1.54, 1.807) is 18.2 Å². The van der Waals surface area contributed by atoms with Crippen LogP contribution in [0.1, 0.15) is 24.2 Å². The molecule has 1 amide bonds. The Morgan fingerprint density at radius 2 is 1.76 bits per heavy atom. The van der Waals surface area contributed by atoms with Gasteiger partial charge in [0.1, 0.15) is 0 Å². The average Bonchev–Trinajstić information content (AvgIpc) is 3.10. The summed E-state index contributed by atoms with van der Waals surface area (Å²) in [6.07, 6.45) is 2.08. The monoisotopic (exact) mass is 395 g/mol. The molecule has 2 aromatic carbocycles. The molecule has 154 valence electrons. The molecule has 0 aliphatic carbocycles. The fourth-order valence-electron chi connectivity index (χ4n) is 3.18. The number of hydrogen-bond donors (Lipinski definition) is 1. The molecule has 6 heteroatoms. The summed E-state index contributed by atoms with van der Waals surface area (Å²) in [5, 5.41) is 4.08. The molecule has 1 N–H and O–H groups in total. The highest BCUT2D eigenvalue weighted by molar-refractivity contribution is 6.05. The lowest BCUT2D eigenvalue weighted by Gasteiger charge is -2.13. The number of fused-ring (bicyclic) bond motifs is 1. The van der Waals surface area contributed by atoms with Gasteiger partial charge in [-0.3, -0.25) is 4.79 Å². The Labute approximate surface area is 172 Å². The van der Waals surface area contributed by atoms with Gasteiger partial charge in [0.15, 0.2) is 11.5 Å². The van der Waals surface area contributed by atoms with E-state index in [1.165, 1.54) is 0 Å². The van der Waals surface area contributed by atoms with Gasteiger partial charge in [-0.25, -0.2) is 0 Å². The highest BCUT2D eigenvalue weighted by atomic mass is 16.5. The summed E-state index contributed by atoms with van der Waals surface area (Å²) in [5.41, 5.74) is 2.45. The number of rotatable bonds is 9. The average molecular weight is 396 g/mol. The maximum atomic E-state index is 12.7. The van der Waals surface area contributed by atoms with Crippen LogP contribution in [0.25, 0.3) is 10.9 Å². The van der Waals surface area contributed by atoms with Gasteiger partial charge in [0.2, 0.25) is 0 Å². The quantitative estimate of drug-likeness (QED) is 0.588. The molecule has 0 saturated heterocycles. The lowest BCUT2D eigenvalue weighted by atomic mass is 10.1. The van der Waals surface area contributed by atoms with Crippen molar-refractivity contribution >= 4 is 22.5 Å². The molecular weight excluding hydrogens is 366 g/mol. The number of hydrogen-bond acceptors (Lipinski definition) is 4. The summed E-state index contributed by atoms with van der Waals surface area (Å²) in [4.78, 5) is 14.9. The number of benzene rings is 2. The number of nitrogens with one attached hydrogen (secondary N) is 1. The molecule has 3 rings (SSSR count). The van der Waals surface area contributed by atoms with Crippen molar-refractivity contribution in [1.82, 2.24) is 9.47 Å². The van der Waals surface area contributed by atoms with Crippen molar-refractivity contribution in [3.05, 3.63) is 54.2 Å². The first-order valence-electron chi connectivity index (χ1n) is 9.96. The van der Waals surface area contributed by atoms with Gasteiger partial charge in [-0.05, 0) is 70.4 Å². The number of anilines is 1. The smallest absolute Gasteiger partial charge is 0.255 e. The molecule has 29 heavy (non-hydrogen) atoms. The minimum absolute atomic E-state index is 0.180. The molecule has 0 saturated carbocycles. The van der Waals surface area contributed by atoms with Crippen molar-refractivity contribution < 1.29 is 14.3 Å². The summed E-state index contributed by atoms with van der Waals surface area (Å²) in [7, 11) is 4.13. The fourth-order valence-corrected chi connectivity index (χ4v) is 3.18. The van der Waals surface area contributed by atoms with Crippen LogP contribution in [0.2, 0.25) is 0 Å². The van der Waals surface area contributed by atoms with Crippen molar-refractivity contribution in [2.45, 2.75) is 20.4 Å². The molecule has 0 fully saturated rings. The Morgan fingerprint density at radius 3 is 2.48 bits per heavy atom. The Balaban J connectivity index is 1.76. The van der Waals surface area contributed by atoms with Crippen LogP contribution in [-0.2, 0) is 6.54 Å². The van der Waals surface area contributed by atoms with Gasteiger partial charge in [-0.15, -0.1) is 0 Å². The Bertz CT molecular complexity index is 979. The molecule has 0 spiro atoms. The van der Waals surface area contributed by atoms with Gasteiger partial charge >= 0.3 is 0 Å². The van der Waals surface area contributed by atoms with Gasteiger partial charge in [0.25, 0.3) is 5.91 Å². The largest absolute Gasteiger partial charge is 0.490 e. The van der Waals surface area contributed by atoms with E-state index < -0.39 is 0 Å². The van der Waals surface area contributed by atoms with Gasteiger partial charge < -0.3 is 24.3 Å². The normalized spacial score (nSPS) is 11.1. The molecule has 1 heterocycles. The first-order chi connectivity index (χ1) is 14.0. The van der Waals surface area contributed by atoms with Crippen molar-refractivity contribution in [2.24, 2.45) is 0 Å². The zero-order chi connectivity index (χ0) is 20.8. The van der Waals surface area contributed by atoms with Crippen molar-refractivity contribution in [3.8, 4) is 11.5 Å². The number of carbonyl (C=O) groups excluding carboxylic acids is 1. The summed E-state index contributed by atoms with van der Waals surface area (Å²) < 4.78 is 13.4. The summed E-state index contributed by atoms with van der Waals surface area (Å²) in [5.74, 6) is 1.04. The summed E-state index contributed by atoms with van der Waals surface area (Å²) in [6.45, 7) is 6.77. The van der Waals surface area contributed by atoms with E-state index in [0.29, 0.717) is 30.3 Å². The molecule has 0 bridgehead atoms. The third-order valence-corrected chi connectivity index (χ3v) is 4.62. The van der Waals surface area contributed by atoms with E-state index in [-0.39, 0.29) is 5.91 Å². The minimum atomic E-state index is -0.180. The Morgan fingerprint density at radius 1 is 1.00 bits per heavy atom. The highest BCUT2D eigenvalue weighted by Gasteiger charge is 2.12. The maximum absolute atomic E-state index is 12.7. The summed E-state index contributed by atoms with van der Waals surface area (Å²) in [6, 6.07) is 13.3. The van der Waals surface area contributed by atoms with E-state index in [9.17, 15) is 4.79 Å². The zero-order valence-corrected chi connectivity index (χ0v) is 17.6. The maximum Gasteiger partial charge on any atom is 0.255 e. The number of aromatic nitrogens is 1. The highest BCUT2D eigenvalue weighted by Crippen LogP contribution is 2.29. The number of carbonyl (C=O) groups is 1. The molecule has 6 nitrogen and oxygen atoms in total. The van der Waals surface area contributed by atoms with Crippen LogP contribution in [0, 0.1) is 0 Å². The number of amides is 1.